The molecule has 1 saturated heterocycles. The molecule has 1 aromatic heterocycles. The predicted octanol–water partition coefficient (Wildman–Crippen LogP) is 4.47. The Labute approximate surface area is 286 Å². The molecule has 6 rings (SSSR count). The molecule has 1 fully saturated rings. The number of carboxylic acids is 1. The predicted molar refractivity (Wildman–Crippen MR) is 185 cm³/mol. The van der Waals surface area contributed by atoms with Gasteiger partial charge in [0, 0.05) is 21.7 Å². The summed E-state index contributed by atoms with van der Waals surface area (Å²) in [6.45, 7) is 0. The van der Waals surface area contributed by atoms with Crippen LogP contribution >= 0.6 is 45.9 Å². The number of thioether (sulfide) groups is 1. The van der Waals surface area contributed by atoms with E-state index in [4.69, 9.17) is 4.84 Å². The summed E-state index contributed by atoms with van der Waals surface area (Å²) in [5, 5.41) is 19.8. The Kier molecular flexibility index (Phi) is 9.37. The largest absolute Gasteiger partial charge is 0.477 e. The van der Waals surface area contributed by atoms with Crippen LogP contribution in [-0.2, 0) is 24.8 Å². The fraction of sp³-hybridized carbons (Fsp3) is 0.188. The first-order chi connectivity index (χ1) is 22.4. The number of hydrogen-bond acceptors (Lipinski definition) is 10. The molecular formula is C32H27IN6O5S2. The van der Waals surface area contributed by atoms with Crippen molar-refractivity contribution in [3.8, 4) is 0 Å². The number of aromatic nitrogens is 2. The van der Waals surface area contributed by atoms with E-state index in [0.717, 1.165) is 28.2 Å². The zero-order valence-corrected chi connectivity index (χ0v) is 28.1. The second kappa shape index (κ2) is 13.6. The number of benzene rings is 3. The first-order valence-corrected chi connectivity index (χ1v) is 17.4. The van der Waals surface area contributed by atoms with Crippen LogP contribution in [0.25, 0.3) is 0 Å². The van der Waals surface area contributed by atoms with Crippen LogP contribution < -0.4 is 10.6 Å². The van der Waals surface area contributed by atoms with Gasteiger partial charge in [0.2, 0.25) is 16.7 Å². The van der Waals surface area contributed by atoms with Gasteiger partial charge in [0.25, 0.3) is 11.8 Å². The Balaban J connectivity index is 1.30. The lowest BCUT2D eigenvalue weighted by Crippen LogP contribution is -2.71. The van der Waals surface area contributed by atoms with Crippen molar-refractivity contribution in [2.24, 2.45) is 5.16 Å². The Hall–Kier alpha value is -4.28. The molecule has 0 aliphatic carbocycles. The highest BCUT2D eigenvalue weighted by molar-refractivity contribution is 14.1. The number of anilines is 1. The van der Waals surface area contributed by atoms with Gasteiger partial charge in [-0.05, 0) is 22.3 Å². The lowest BCUT2D eigenvalue weighted by Gasteiger charge is -2.49. The summed E-state index contributed by atoms with van der Waals surface area (Å²) in [7, 11) is 1.30. The molecule has 0 spiro atoms. The number of β-lactam (4-membered cyclic amide) rings is 1. The van der Waals surface area contributed by atoms with E-state index in [1.54, 1.807) is 0 Å². The number of hydrogen-bond donors (Lipinski definition) is 3. The maximum absolute atomic E-state index is 13.5. The highest BCUT2D eigenvalue weighted by Crippen LogP contribution is 2.42. The summed E-state index contributed by atoms with van der Waals surface area (Å²) in [6, 6.07) is 29.0. The van der Waals surface area contributed by atoms with Crippen LogP contribution in [0.2, 0.25) is 0 Å². The second-order valence-corrected chi connectivity index (χ2v) is 12.9. The van der Waals surface area contributed by atoms with Crippen molar-refractivity contribution in [2.75, 3.05) is 22.6 Å². The molecular weight excluding hydrogens is 739 g/mol. The number of amides is 2. The number of carbonyl (C=O) groups is 3. The SMILES string of the molecule is CON=C(C(=O)N[C@@H]1C(=O)N2C(C(=O)O)=C(CI)CS[C@@H]12)c1nsc(NC(c2ccccc2)(c2ccccc2)c2ccccc2)n1. The molecule has 46 heavy (non-hydrogen) atoms. The summed E-state index contributed by atoms with van der Waals surface area (Å²) in [6.07, 6.45) is 0. The minimum atomic E-state index is -1.17. The topological polar surface area (TPSA) is 146 Å². The molecule has 2 aliphatic heterocycles. The average Bonchev–Trinajstić information content (AvgIpc) is 3.56. The van der Waals surface area contributed by atoms with Gasteiger partial charge in [0.05, 0.1) is 0 Å². The first-order valence-electron chi connectivity index (χ1n) is 14.1. The minimum Gasteiger partial charge on any atom is -0.477 e. The Bertz CT molecular complexity index is 1720. The van der Waals surface area contributed by atoms with Crippen molar-refractivity contribution in [3.05, 3.63) is 125 Å². The van der Waals surface area contributed by atoms with Crippen LogP contribution in [0.5, 0.6) is 0 Å². The molecule has 0 unspecified atom stereocenters. The van der Waals surface area contributed by atoms with Gasteiger partial charge < -0.3 is 20.6 Å². The summed E-state index contributed by atoms with van der Waals surface area (Å²) in [4.78, 5) is 49.4. The van der Waals surface area contributed by atoms with Gasteiger partial charge in [-0.2, -0.15) is 9.36 Å². The lowest BCUT2D eigenvalue weighted by atomic mass is 9.77. The molecule has 0 radical (unpaired) electrons. The third kappa shape index (κ3) is 5.76. The van der Waals surface area contributed by atoms with Gasteiger partial charge in [-0.3, -0.25) is 14.5 Å². The van der Waals surface area contributed by atoms with E-state index in [1.807, 2.05) is 91.0 Å². The number of fused-ring (bicyclic) bond motifs is 1. The molecule has 3 N–H and O–H groups in total. The number of aliphatic carboxylic acids is 1. The number of alkyl halides is 1. The molecule has 234 valence electrons. The third-order valence-electron chi connectivity index (χ3n) is 7.65. The standard InChI is InChI=1S/C32H27IN6O5S2/c1-44-37-23(27(40)34-24-28(41)39-25(30(42)43)19(17-33)18-45-29(24)39)26-35-31(46-38-26)36-32(20-11-5-2-6-12-20,21-13-7-3-8-14-21)22-15-9-4-10-16-22/h2-16,24,29H,17-18H2,1H3,(H,34,40)(H,42,43)(H,35,36,38)/t24-,29+/m1/s1. The summed E-state index contributed by atoms with van der Waals surface area (Å²) < 4.78 is 4.92. The van der Waals surface area contributed by atoms with Gasteiger partial charge in [-0.1, -0.05) is 119 Å². The van der Waals surface area contributed by atoms with E-state index in [1.165, 1.54) is 23.8 Å². The van der Waals surface area contributed by atoms with Gasteiger partial charge in [-0.15, -0.1) is 11.8 Å². The summed E-state index contributed by atoms with van der Waals surface area (Å²) >= 11 is 4.54. The van der Waals surface area contributed by atoms with Crippen LogP contribution in [0.1, 0.15) is 22.5 Å². The van der Waals surface area contributed by atoms with Gasteiger partial charge in [0.15, 0.2) is 0 Å². The number of oxime groups is 1. The maximum Gasteiger partial charge on any atom is 0.352 e. The number of halogens is 1. The Morgan fingerprint density at radius 1 is 1.02 bits per heavy atom. The van der Waals surface area contributed by atoms with Crippen LogP contribution in [0, 0.1) is 0 Å². The number of carboxylic acid groups (broad SMARTS) is 1. The quantitative estimate of drug-likeness (QED) is 0.0503. The third-order valence-corrected chi connectivity index (χ3v) is 10.5. The monoisotopic (exact) mass is 766 g/mol. The van der Waals surface area contributed by atoms with E-state index in [9.17, 15) is 19.5 Å². The molecule has 14 heteroatoms. The fourth-order valence-electron chi connectivity index (χ4n) is 5.58. The highest BCUT2D eigenvalue weighted by atomic mass is 127. The molecule has 0 bridgehead atoms. The van der Waals surface area contributed by atoms with Crippen molar-refractivity contribution >= 4 is 74.5 Å². The molecule has 0 saturated carbocycles. The van der Waals surface area contributed by atoms with E-state index in [-0.39, 0.29) is 17.2 Å². The zero-order valence-electron chi connectivity index (χ0n) is 24.3. The van der Waals surface area contributed by atoms with E-state index < -0.39 is 34.7 Å². The molecule has 3 heterocycles. The molecule has 2 atom stereocenters. The molecule has 11 nitrogen and oxygen atoms in total. The molecule has 2 amide bonds. The van der Waals surface area contributed by atoms with Crippen molar-refractivity contribution in [3.63, 3.8) is 0 Å². The number of carbonyl (C=O) groups excluding carboxylic acids is 2. The van der Waals surface area contributed by atoms with Crippen molar-refractivity contribution in [1.82, 2.24) is 19.6 Å². The zero-order chi connectivity index (χ0) is 32.3. The van der Waals surface area contributed by atoms with Gasteiger partial charge >= 0.3 is 5.97 Å². The van der Waals surface area contributed by atoms with Crippen LogP contribution in [0.3, 0.4) is 0 Å². The molecule has 3 aromatic carbocycles. The smallest absolute Gasteiger partial charge is 0.352 e. The van der Waals surface area contributed by atoms with E-state index in [2.05, 4.69) is 47.7 Å². The normalized spacial score (nSPS) is 18.0. The molecule has 4 aromatic rings. The van der Waals surface area contributed by atoms with Gasteiger partial charge in [0.1, 0.15) is 29.8 Å². The van der Waals surface area contributed by atoms with Gasteiger partial charge in [-0.25, -0.2) is 4.79 Å². The fourth-order valence-corrected chi connectivity index (χ4v) is 8.55. The second-order valence-electron chi connectivity index (χ2n) is 10.3. The van der Waals surface area contributed by atoms with E-state index in [0.29, 0.717) is 20.9 Å². The Morgan fingerprint density at radius 2 is 1.59 bits per heavy atom. The van der Waals surface area contributed by atoms with Crippen LogP contribution in [0.4, 0.5) is 5.13 Å². The highest BCUT2D eigenvalue weighted by Gasteiger charge is 2.54. The van der Waals surface area contributed by atoms with Crippen LogP contribution in [0.15, 0.2) is 107 Å². The number of nitrogens with zero attached hydrogens (tertiary/aromatic N) is 4. The average molecular weight is 767 g/mol. The molecule has 2 aliphatic rings. The number of nitrogens with one attached hydrogen (secondary N) is 2. The van der Waals surface area contributed by atoms with Crippen molar-refractivity contribution in [1.29, 1.82) is 0 Å². The first kappa shape index (κ1) is 31.7. The summed E-state index contributed by atoms with van der Waals surface area (Å²) in [5.74, 6) is -1.94. The van der Waals surface area contributed by atoms with E-state index >= 15 is 0 Å². The van der Waals surface area contributed by atoms with Crippen molar-refractivity contribution < 1.29 is 24.3 Å². The number of rotatable bonds is 11. The Morgan fingerprint density at radius 3 is 2.09 bits per heavy atom. The van der Waals surface area contributed by atoms with Crippen molar-refractivity contribution in [2.45, 2.75) is 17.0 Å². The minimum absolute atomic E-state index is 0.00757. The lowest BCUT2D eigenvalue weighted by molar-refractivity contribution is -0.150. The van der Waals surface area contributed by atoms with Crippen LogP contribution in [-0.4, -0.2) is 71.6 Å². The summed E-state index contributed by atoms with van der Waals surface area (Å²) in [5.41, 5.74) is 2.45. The maximum atomic E-state index is 13.5.